The molecule has 2 saturated heterocycles. The molecule has 22 nitrogen and oxygen atoms in total. The molecule has 2 aliphatic heterocycles. The summed E-state index contributed by atoms with van der Waals surface area (Å²) >= 11 is 0. The number of pyridine rings is 2. The minimum absolute atomic E-state index is 0.00619. The summed E-state index contributed by atoms with van der Waals surface area (Å²) in [5.41, 5.74) is 22.0. The van der Waals surface area contributed by atoms with Gasteiger partial charge in [0.15, 0.2) is 11.3 Å². The van der Waals surface area contributed by atoms with Gasteiger partial charge >= 0.3 is 6.18 Å². The van der Waals surface area contributed by atoms with Crippen molar-refractivity contribution in [2.75, 3.05) is 73.9 Å². The Hall–Kier alpha value is -7.77. The molecule has 78 heavy (non-hydrogen) atoms. The molecule has 420 valence electrons. The zero-order valence-corrected chi connectivity index (χ0v) is 44.8. The molecule has 6 heterocycles. The number of piperidine rings is 2. The molecule has 8 rings (SSSR count). The SMILES string of the molecule is CCC1CCN(c2ccc(Nc3ncc4c(=O)c(C(N)=O)c(N)n(CC(C)(C)O)c4n3)c(OC)c2)CC1.COc1cc(C2CCN(CCC(F)(F)F)CC2)ccc1Nc1ncc2c(=O)c(C(N)=O)c(N)n(CC(C)(C)O)c2n1. The first-order chi connectivity index (χ1) is 36.7. The fourth-order valence-corrected chi connectivity index (χ4v) is 9.83. The van der Waals surface area contributed by atoms with Crippen LogP contribution >= 0.6 is 0 Å². The van der Waals surface area contributed by atoms with Crippen molar-refractivity contribution in [3.8, 4) is 11.5 Å². The van der Waals surface area contributed by atoms with Crippen molar-refractivity contribution in [1.82, 2.24) is 34.0 Å². The molecule has 0 spiro atoms. The molecule has 0 atom stereocenters. The predicted molar refractivity (Wildman–Crippen MR) is 293 cm³/mol. The molecular formula is C53H69F3N14O8. The molecule has 4 aromatic heterocycles. The molecule has 2 amide bonds. The number of methoxy groups -OCH3 is 2. The molecule has 2 aromatic carbocycles. The Bertz CT molecular complexity index is 3300. The van der Waals surface area contributed by atoms with Crippen molar-refractivity contribution in [2.24, 2.45) is 17.4 Å². The number of alkyl halides is 3. The third-order valence-electron chi connectivity index (χ3n) is 13.9. The van der Waals surface area contributed by atoms with E-state index in [0.717, 1.165) is 43.1 Å². The maximum atomic E-state index is 12.9. The Balaban J connectivity index is 0.000000227. The number of amides is 2. The summed E-state index contributed by atoms with van der Waals surface area (Å²) < 4.78 is 51.7. The van der Waals surface area contributed by atoms with Crippen LogP contribution in [0, 0.1) is 5.92 Å². The largest absolute Gasteiger partial charge is 0.495 e. The number of anilines is 7. The molecule has 0 unspecified atom stereocenters. The highest BCUT2D eigenvalue weighted by molar-refractivity contribution is 6.01. The molecule has 2 fully saturated rings. The Labute approximate surface area is 447 Å². The minimum atomic E-state index is -4.16. The standard InChI is InChI=1S/C27H34F3N7O4.C26H35N7O4/c1-26(2,40)14-37-22(31)20(23(32)39)21(38)17-13-33-25(35-24(17)37)34-18-5-4-16(12-19(18)41-3)15-6-9-36(10-7-15)11-8-27(28,29)30;1-5-15-8-10-32(11-9-15)16-6-7-18(19(12-16)37-4)30-25-29-13-17-21(34)20(23(28)35)22(27)33(24(17)31-25)14-26(2,3)36/h4-5,12-13,15,40H,6-11,14,31H2,1-3H3,(H2,32,39)(H,33,34,35);6-7,12-13,15,36H,5,8-11,14,27H2,1-4H3,(H2,28,35)(H,29,30,31). The number of hydrogen-bond acceptors (Lipinski definition) is 18. The van der Waals surface area contributed by atoms with E-state index in [0.29, 0.717) is 36.0 Å². The van der Waals surface area contributed by atoms with Crippen molar-refractivity contribution >= 4 is 74.5 Å². The number of halogens is 3. The number of nitrogens with two attached hydrogens (primary N) is 4. The van der Waals surface area contributed by atoms with Crippen molar-refractivity contribution < 1.29 is 42.4 Å². The van der Waals surface area contributed by atoms with Gasteiger partial charge in [-0.2, -0.15) is 23.1 Å². The fraction of sp³-hybridized carbons (Fsp3) is 0.472. The van der Waals surface area contributed by atoms with Gasteiger partial charge in [-0.05, 0) is 108 Å². The average molecular weight is 1090 g/mol. The third-order valence-corrected chi connectivity index (χ3v) is 13.9. The number of rotatable bonds is 17. The van der Waals surface area contributed by atoms with Crippen LogP contribution in [0.3, 0.4) is 0 Å². The maximum Gasteiger partial charge on any atom is 0.390 e. The molecule has 6 aromatic rings. The van der Waals surface area contributed by atoms with Gasteiger partial charge in [0.2, 0.25) is 22.8 Å². The van der Waals surface area contributed by atoms with E-state index < -0.39 is 52.0 Å². The van der Waals surface area contributed by atoms with E-state index in [-0.39, 0.29) is 76.7 Å². The minimum Gasteiger partial charge on any atom is -0.495 e. The van der Waals surface area contributed by atoms with Crippen LogP contribution in [0.1, 0.15) is 105 Å². The van der Waals surface area contributed by atoms with Crippen LogP contribution in [0.2, 0.25) is 0 Å². The lowest BCUT2D eigenvalue weighted by atomic mass is 9.89. The molecule has 0 aliphatic carbocycles. The number of nitrogen functional groups attached to an aromatic ring is 2. The molecule has 0 radical (unpaired) electrons. The van der Waals surface area contributed by atoms with E-state index >= 15 is 0 Å². The topological polar surface area (TPSA) is 323 Å². The number of likely N-dealkylation sites (tertiary alicyclic amines) is 1. The van der Waals surface area contributed by atoms with Crippen molar-refractivity contribution in [3.63, 3.8) is 0 Å². The Kier molecular flexibility index (Phi) is 17.4. The van der Waals surface area contributed by atoms with Gasteiger partial charge in [-0.3, -0.25) is 19.2 Å². The van der Waals surface area contributed by atoms with Gasteiger partial charge in [0, 0.05) is 43.8 Å². The number of fused-ring (bicyclic) bond motifs is 2. The van der Waals surface area contributed by atoms with Crippen molar-refractivity contribution in [2.45, 2.75) is 110 Å². The highest BCUT2D eigenvalue weighted by Crippen LogP contribution is 2.37. The molecule has 25 heteroatoms. The van der Waals surface area contributed by atoms with Gasteiger partial charge < -0.3 is 72.2 Å². The van der Waals surface area contributed by atoms with Gasteiger partial charge in [-0.25, -0.2) is 9.97 Å². The van der Waals surface area contributed by atoms with Crippen LogP contribution < -0.4 is 58.8 Å². The van der Waals surface area contributed by atoms with Crippen LogP contribution in [-0.4, -0.2) is 120 Å². The molecule has 0 bridgehead atoms. The lowest BCUT2D eigenvalue weighted by molar-refractivity contribution is -0.138. The number of nitrogens with zero attached hydrogens (tertiary/aromatic N) is 8. The van der Waals surface area contributed by atoms with Crippen molar-refractivity contribution in [3.05, 3.63) is 85.9 Å². The van der Waals surface area contributed by atoms with Gasteiger partial charge in [-0.1, -0.05) is 19.4 Å². The van der Waals surface area contributed by atoms with Crippen LogP contribution in [0.5, 0.6) is 11.5 Å². The van der Waals surface area contributed by atoms with Crippen LogP contribution in [0.15, 0.2) is 58.4 Å². The van der Waals surface area contributed by atoms with Gasteiger partial charge in [0.1, 0.15) is 34.3 Å². The molecular weight excluding hydrogens is 1020 g/mol. The zero-order valence-electron chi connectivity index (χ0n) is 44.8. The number of ether oxygens (including phenoxy) is 2. The quantitative estimate of drug-likeness (QED) is 0.0539. The predicted octanol–water partition coefficient (Wildman–Crippen LogP) is 5.75. The highest BCUT2D eigenvalue weighted by Gasteiger charge is 2.31. The summed E-state index contributed by atoms with van der Waals surface area (Å²) in [6, 6.07) is 11.5. The van der Waals surface area contributed by atoms with Crippen LogP contribution in [0.25, 0.3) is 22.1 Å². The van der Waals surface area contributed by atoms with E-state index in [2.05, 4.69) is 42.4 Å². The van der Waals surface area contributed by atoms with Gasteiger partial charge in [0.25, 0.3) is 11.8 Å². The van der Waals surface area contributed by atoms with Gasteiger partial charge in [-0.15, -0.1) is 0 Å². The zero-order chi connectivity index (χ0) is 57.0. The lowest BCUT2D eigenvalue weighted by Gasteiger charge is -2.33. The third kappa shape index (κ3) is 13.7. The van der Waals surface area contributed by atoms with Crippen LogP contribution in [0.4, 0.5) is 53.8 Å². The highest BCUT2D eigenvalue weighted by atomic mass is 19.4. The summed E-state index contributed by atoms with van der Waals surface area (Å²) in [6.07, 6.45) is 2.64. The number of nitrogens with one attached hydrogen (secondary N) is 2. The maximum absolute atomic E-state index is 12.9. The second-order valence-corrected chi connectivity index (χ2v) is 21.0. The summed E-state index contributed by atoms with van der Waals surface area (Å²) in [6.45, 7) is 11.6. The monoisotopic (exact) mass is 1090 g/mol. The summed E-state index contributed by atoms with van der Waals surface area (Å²) in [5, 5.41) is 27.2. The second-order valence-electron chi connectivity index (χ2n) is 21.0. The summed E-state index contributed by atoms with van der Waals surface area (Å²) in [7, 11) is 3.11. The van der Waals surface area contributed by atoms with Gasteiger partial charge in [0.05, 0.1) is 67.1 Å². The molecule has 12 N–H and O–H groups in total. The average Bonchev–Trinajstić information content (AvgIpc) is 3.46. The van der Waals surface area contributed by atoms with E-state index in [4.69, 9.17) is 32.4 Å². The lowest BCUT2D eigenvalue weighted by Crippen LogP contribution is -2.35. The van der Waals surface area contributed by atoms with E-state index in [1.807, 2.05) is 35.2 Å². The molecule has 2 aliphatic rings. The Morgan fingerprint density at radius 1 is 0.718 bits per heavy atom. The number of aromatic nitrogens is 6. The number of primary amides is 2. The first-order valence-electron chi connectivity index (χ1n) is 25.6. The van der Waals surface area contributed by atoms with E-state index in [1.54, 1.807) is 40.9 Å². The second kappa shape index (κ2) is 23.5. The summed E-state index contributed by atoms with van der Waals surface area (Å²) in [4.78, 5) is 71.5. The molecule has 0 saturated carbocycles. The first-order valence-corrected chi connectivity index (χ1v) is 25.6. The fourth-order valence-electron chi connectivity index (χ4n) is 9.83. The normalized spacial score (nSPS) is 15.0. The Morgan fingerprint density at radius 2 is 1.18 bits per heavy atom. The summed E-state index contributed by atoms with van der Waals surface area (Å²) in [5.74, 6) is 0.0479. The number of benzene rings is 2. The Morgan fingerprint density at radius 3 is 1.60 bits per heavy atom. The first kappa shape index (κ1) is 57.9. The number of aliphatic hydroxyl groups is 2. The number of carbonyl (C=O) groups excluding carboxylic acids is 2. The van der Waals surface area contributed by atoms with E-state index in [1.165, 1.54) is 47.9 Å². The van der Waals surface area contributed by atoms with E-state index in [9.17, 15) is 42.6 Å². The number of carbonyl (C=O) groups is 2. The smallest absolute Gasteiger partial charge is 0.390 e. The number of hydrogen-bond donors (Lipinski definition) is 8. The van der Waals surface area contributed by atoms with Crippen LogP contribution in [-0.2, 0) is 13.1 Å². The van der Waals surface area contributed by atoms with Crippen molar-refractivity contribution in [1.29, 1.82) is 0 Å².